The first-order valence-electron chi connectivity index (χ1n) is 10.0. The van der Waals surface area contributed by atoms with Gasteiger partial charge in [0.05, 0.1) is 12.1 Å². The summed E-state index contributed by atoms with van der Waals surface area (Å²) in [6.07, 6.45) is 1.22. The summed E-state index contributed by atoms with van der Waals surface area (Å²) in [4.78, 5) is 15.0. The Morgan fingerprint density at radius 1 is 1.18 bits per heavy atom. The van der Waals surface area contributed by atoms with Gasteiger partial charge in [-0.05, 0) is 43.2 Å². The van der Waals surface area contributed by atoms with Crippen molar-refractivity contribution in [3.8, 4) is 6.07 Å². The molecule has 1 N–H and O–H groups in total. The van der Waals surface area contributed by atoms with Gasteiger partial charge in [0.15, 0.2) is 0 Å². The highest BCUT2D eigenvalue weighted by atomic mass is 16.2. The molecule has 0 saturated carbocycles. The van der Waals surface area contributed by atoms with Crippen molar-refractivity contribution < 1.29 is 4.79 Å². The first-order valence-corrected chi connectivity index (χ1v) is 10.0. The maximum Gasteiger partial charge on any atom is 0.239 e. The van der Waals surface area contributed by atoms with Gasteiger partial charge in [-0.3, -0.25) is 9.69 Å². The summed E-state index contributed by atoms with van der Waals surface area (Å²) >= 11 is 0. The molecule has 2 heterocycles. The summed E-state index contributed by atoms with van der Waals surface area (Å²) in [7, 11) is 0. The van der Waals surface area contributed by atoms with E-state index in [0.29, 0.717) is 36.3 Å². The quantitative estimate of drug-likeness (QED) is 0.857. The lowest BCUT2D eigenvalue weighted by atomic mass is 9.92. The molecule has 0 bridgehead atoms. The van der Waals surface area contributed by atoms with Crippen LogP contribution in [0.15, 0.2) is 30.3 Å². The van der Waals surface area contributed by atoms with Gasteiger partial charge in [0.1, 0.15) is 11.9 Å². The van der Waals surface area contributed by atoms with E-state index in [4.69, 9.17) is 0 Å². The lowest BCUT2D eigenvalue weighted by Gasteiger charge is -2.34. The largest absolute Gasteiger partial charge is 0.326 e. The molecule has 1 aromatic heterocycles. The third-order valence-corrected chi connectivity index (χ3v) is 5.69. The number of carbonyl (C=O) groups is 1. The van der Waals surface area contributed by atoms with Crippen LogP contribution in [0.5, 0.6) is 0 Å². The number of benzene rings is 1. The Morgan fingerprint density at radius 3 is 2.43 bits per heavy atom. The van der Waals surface area contributed by atoms with Crippen molar-refractivity contribution in [3.05, 3.63) is 52.7 Å². The number of nitrogens with zero attached hydrogens (tertiary/aromatic N) is 3. The van der Waals surface area contributed by atoms with Crippen LogP contribution in [0.25, 0.3) is 0 Å². The summed E-state index contributed by atoms with van der Waals surface area (Å²) < 4.78 is 2.04. The maximum absolute atomic E-state index is 12.8. The number of aromatic nitrogens is 1. The monoisotopic (exact) mass is 378 g/mol. The second kappa shape index (κ2) is 8.62. The molecular formula is C23H30N4O. The van der Waals surface area contributed by atoms with Gasteiger partial charge in [-0.2, -0.15) is 5.26 Å². The second-order valence-corrected chi connectivity index (χ2v) is 8.31. The van der Waals surface area contributed by atoms with Crippen molar-refractivity contribution in [3.63, 3.8) is 0 Å². The third-order valence-electron chi connectivity index (χ3n) is 5.69. The fourth-order valence-electron chi connectivity index (χ4n) is 4.39. The molecule has 28 heavy (non-hydrogen) atoms. The van der Waals surface area contributed by atoms with Crippen LogP contribution in [0.1, 0.15) is 42.7 Å². The summed E-state index contributed by atoms with van der Waals surface area (Å²) in [5, 5.41) is 12.7. The Morgan fingerprint density at radius 2 is 1.82 bits per heavy atom. The van der Waals surface area contributed by atoms with E-state index in [-0.39, 0.29) is 5.91 Å². The first-order chi connectivity index (χ1) is 13.4. The van der Waals surface area contributed by atoms with Gasteiger partial charge in [-0.25, -0.2) is 0 Å². The fourth-order valence-corrected chi connectivity index (χ4v) is 4.39. The molecule has 5 heteroatoms. The SMILES string of the molecule is Cc1c(C#N)c(NC(=O)CN2CC(C)CC(C)C2)n(Cc2ccccc2)c1C. The van der Waals surface area contributed by atoms with Crippen LogP contribution in [0, 0.1) is 37.0 Å². The number of carbonyl (C=O) groups excluding carboxylic acids is 1. The molecule has 5 nitrogen and oxygen atoms in total. The second-order valence-electron chi connectivity index (χ2n) is 8.31. The normalized spacial score (nSPS) is 20.0. The highest BCUT2D eigenvalue weighted by molar-refractivity contribution is 5.93. The Kier molecular flexibility index (Phi) is 6.21. The van der Waals surface area contributed by atoms with E-state index in [9.17, 15) is 10.1 Å². The van der Waals surface area contributed by atoms with Crippen LogP contribution in [-0.4, -0.2) is 35.0 Å². The topological polar surface area (TPSA) is 61.1 Å². The number of hydrogen-bond donors (Lipinski definition) is 1. The lowest BCUT2D eigenvalue weighted by Crippen LogP contribution is -2.43. The third kappa shape index (κ3) is 4.45. The number of hydrogen-bond acceptors (Lipinski definition) is 3. The van der Waals surface area contributed by atoms with E-state index in [1.54, 1.807) is 0 Å². The van der Waals surface area contributed by atoms with Crippen LogP contribution in [0.2, 0.25) is 0 Å². The molecule has 0 radical (unpaired) electrons. The minimum Gasteiger partial charge on any atom is -0.326 e. The molecule has 1 saturated heterocycles. The molecule has 148 valence electrons. The average molecular weight is 379 g/mol. The van der Waals surface area contributed by atoms with Gasteiger partial charge in [-0.15, -0.1) is 0 Å². The predicted octanol–water partition coefficient (Wildman–Crippen LogP) is 3.94. The molecule has 1 fully saturated rings. The predicted molar refractivity (Wildman–Crippen MR) is 112 cm³/mol. The lowest BCUT2D eigenvalue weighted by molar-refractivity contribution is -0.117. The summed E-state index contributed by atoms with van der Waals surface area (Å²) in [5.74, 6) is 1.78. The summed E-state index contributed by atoms with van der Waals surface area (Å²) in [6, 6.07) is 12.4. The number of anilines is 1. The van der Waals surface area contributed by atoms with Crippen molar-refractivity contribution in [2.75, 3.05) is 25.0 Å². The van der Waals surface area contributed by atoms with E-state index in [0.717, 1.165) is 29.9 Å². The molecule has 1 aliphatic heterocycles. The Hall–Kier alpha value is -2.58. The number of amides is 1. The number of nitrogens with one attached hydrogen (secondary N) is 1. The Balaban J connectivity index is 1.81. The molecule has 2 unspecified atom stereocenters. The van der Waals surface area contributed by atoms with Crippen LogP contribution in [-0.2, 0) is 11.3 Å². The zero-order valence-corrected chi connectivity index (χ0v) is 17.3. The first kappa shape index (κ1) is 20.2. The van der Waals surface area contributed by atoms with Crippen LogP contribution in [0.3, 0.4) is 0 Å². The minimum atomic E-state index is -0.0513. The van der Waals surface area contributed by atoms with Gasteiger partial charge in [0, 0.05) is 25.3 Å². The van der Waals surface area contributed by atoms with E-state index in [2.05, 4.69) is 42.3 Å². The highest BCUT2D eigenvalue weighted by Gasteiger charge is 2.25. The van der Waals surface area contributed by atoms with Crippen molar-refractivity contribution in [1.82, 2.24) is 9.47 Å². The molecular weight excluding hydrogens is 348 g/mol. The molecule has 3 rings (SSSR count). The number of rotatable bonds is 5. The van der Waals surface area contributed by atoms with Crippen molar-refractivity contribution in [2.45, 2.75) is 40.7 Å². The zero-order valence-electron chi connectivity index (χ0n) is 17.3. The van der Waals surface area contributed by atoms with Crippen LogP contribution < -0.4 is 5.32 Å². The van der Waals surface area contributed by atoms with E-state index in [1.165, 1.54) is 6.42 Å². The average Bonchev–Trinajstić information content (AvgIpc) is 2.85. The summed E-state index contributed by atoms with van der Waals surface area (Å²) in [6.45, 7) is 11.3. The van der Waals surface area contributed by atoms with Gasteiger partial charge in [-0.1, -0.05) is 44.2 Å². The van der Waals surface area contributed by atoms with Crippen molar-refractivity contribution >= 4 is 11.7 Å². The minimum absolute atomic E-state index is 0.0513. The standard InChI is InChI=1S/C23H30N4O/c1-16-10-17(2)13-26(12-16)15-22(28)25-23-21(11-24)18(3)19(4)27(23)14-20-8-6-5-7-9-20/h5-9,16-17H,10,12-15H2,1-4H3,(H,25,28). The zero-order chi connectivity index (χ0) is 20.3. The number of likely N-dealkylation sites (tertiary alicyclic amines) is 1. The number of piperidine rings is 1. The highest BCUT2D eigenvalue weighted by Crippen LogP contribution is 2.27. The summed E-state index contributed by atoms with van der Waals surface area (Å²) in [5.41, 5.74) is 3.63. The van der Waals surface area contributed by atoms with E-state index < -0.39 is 0 Å². The van der Waals surface area contributed by atoms with Gasteiger partial charge >= 0.3 is 0 Å². The van der Waals surface area contributed by atoms with Crippen molar-refractivity contribution in [2.24, 2.45) is 11.8 Å². The van der Waals surface area contributed by atoms with Crippen LogP contribution >= 0.6 is 0 Å². The van der Waals surface area contributed by atoms with Gasteiger partial charge < -0.3 is 9.88 Å². The van der Waals surface area contributed by atoms with Gasteiger partial charge in [0.2, 0.25) is 5.91 Å². The molecule has 2 atom stereocenters. The Labute approximate surface area is 168 Å². The Bertz CT molecular complexity index is 868. The molecule has 2 aromatic rings. The fraction of sp³-hybridized carbons (Fsp3) is 0.478. The van der Waals surface area contributed by atoms with E-state index in [1.807, 2.05) is 36.6 Å². The molecule has 1 amide bonds. The molecule has 0 aliphatic carbocycles. The molecule has 0 spiro atoms. The van der Waals surface area contributed by atoms with Crippen LogP contribution in [0.4, 0.5) is 5.82 Å². The smallest absolute Gasteiger partial charge is 0.239 e. The van der Waals surface area contributed by atoms with Gasteiger partial charge in [0.25, 0.3) is 0 Å². The number of nitriles is 1. The molecule has 1 aromatic carbocycles. The maximum atomic E-state index is 12.8. The molecule has 1 aliphatic rings. The van der Waals surface area contributed by atoms with E-state index >= 15 is 0 Å². The van der Waals surface area contributed by atoms with Crippen molar-refractivity contribution in [1.29, 1.82) is 5.26 Å².